The summed E-state index contributed by atoms with van der Waals surface area (Å²) in [5, 5.41) is 10.8. The number of hydrazone groups is 1. The average molecular weight is 206 g/mol. The standard InChI is InChI=1S/C10H15N5/c1-14-7-3-4-9(14)8-13-15(2)10-11-5-6-12-10/h3-4,7-8H,5-6H2,1-2H3,(H,11,12)/p+1. The van der Waals surface area contributed by atoms with E-state index in [0.29, 0.717) is 0 Å². The van der Waals surface area contributed by atoms with Crippen LogP contribution in [-0.2, 0) is 7.05 Å². The van der Waals surface area contributed by atoms with E-state index < -0.39 is 0 Å². The van der Waals surface area contributed by atoms with Gasteiger partial charge in [0.2, 0.25) is 0 Å². The van der Waals surface area contributed by atoms with Gasteiger partial charge in [0.25, 0.3) is 0 Å². The highest BCUT2D eigenvalue weighted by atomic mass is 15.4. The van der Waals surface area contributed by atoms with E-state index in [4.69, 9.17) is 0 Å². The maximum Gasteiger partial charge on any atom is 0.369 e. The van der Waals surface area contributed by atoms with Crippen molar-refractivity contribution in [3.05, 3.63) is 24.0 Å². The molecule has 1 aromatic heterocycles. The molecule has 0 unspecified atom stereocenters. The van der Waals surface area contributed by atoms with Crippen molar-refractivity contribution in [3.8, 4) is 0 Å². The lowest BCUT2D eigenvalue weighted by molar-refractivity contribution is -0.505. The van der Waals surface area contributed by atoms with Gasteiger partial charge in [-0.05, 0) is 12.1 Å². The van der Waals surface area contributed by atoms with Crippen molar-refractivity contribution < 1.29 is 4.68 Å². The van der Waals surface area contributed by atoms with Crippen LogP contribution in [0.3, 0.4) is 0 Å². The Labute approximate surface area is 89.1 Å². The Hall–Kier alpha value is -1.78. The number of rotatable bonds is 2. The van der Waals surface area contributed by atoms with Crippen molar-refractivity contribution in [2.24, 2.45) is 12.1 Å². The fourth-order valence-electron chi connectivity index (χ4n) is 1.47. The molecule has 0 aliphatic carbocycles. The first-order valence-electron chi connectivity index (χ1n) is 5.01. The molecule has 0 spiro atoms. The summed E-state index contributed by atoms with van der Waals surface area (Å²) in [6.07, 6.45) is 3.84. The van der Waals surface area contributed by atoms with Crippen LogP contribution in [-0.4, -0.2) is 41.6 Å². The first kappa shape index (κ1) is 9.76. The highest BCUT2D eigenvalue weighted by Crippen LogP contribution is 1.95. The Balaban J connectivity index is 2.11. The topological polar surface area (TPSA) is 44.4 Å². The van der Waals surface area contributed by atoms with Crippen molar-refractivity contribution in [2.75, 3.05) is 20.1 Å². The average Bonchev–Trinajstić information content (AvgIpc) is 2.85. The van der Waals surface area contributed by atoms with E-state index in [1.54, 1.807) is 4.68 Å². The van der Waals surface area contributed by atoms with Gasteiger partial charge in [-0.1, -0.05) is 0 Å². The second kappa shape index (κ2) is 4.16. The largest absolute Gasteiger partial charge is 0.369 e. The molecule has 2 heterocycles. The van der Waals surface area contributed by atoms with E-state index in [-0.39, 0.29) is 0 Å². The van der Waals surface area contributed by atoms with Crippen LogP contribution >= 0.6 is 0 Å². The second-order valence-electron chi connectivity index (χ2n) is 3.51. The van der Waals surface area contributed by atoms with Gasteiger partial charge in [-0.25, -0.2) is 0 Å². The molecule has 1 saturated heterocycles. The first-order valence-corrected chi connectivity index (χ1v) is 5.01. The highest BCUT2D eigenvalue weighted by molar-refractivity contribution is 5.79. The number of guanidine groups is 1. The van der Waals surface area contributed by atoms with E-state index in [2.05, 4.69) is 15.7 Å². The zero-order valence-electron chi connectivity index (χ0n) is 9.07. The van der Waals surface area contributed by atoms with Gasteiger partial charge in [-0.3, -0.25) is 10.6 Å². The van der Waals surface area contributed by atoms with E-state index in [9.17, 15) is 0 Å². The van der Waals surface area contributed by atoms with Gasteiger partial charge >= 0.3 is 5.96 Å². The highest BCUT2D eigenvalue weighted by Gasteiger charge is 2.15. The van der Waals surface area contributed by atoms with Crippen molar-refractivity contribution in [3.63, 3.8) is 0 Å². The van der Waals surface area contributed by atoms with Crippen LogP contribution in [0.2, 0.25) is 0 Å². The summed E-state index contributed by atoms with van der Waals surface area (Å²) in [6.45, 7) is 1.92. The van der Waals surface area contributed by atoms with Crippen molar-refractivity contribution in [2.45, 2.75) is 0 Å². The smallest absolute Gasteiger partial charge is 0.350 e. The molecule has 0 saturated carbocycles. The van der Waals surface area contributed by atoms with Gasteiger partial charge in [0.05, 0.1) is 32.0 Å². The minimum Gasteiger partial charge on any atom is -0.350 e. The van der Waals surface area contributed by atoms with E-state index in [1.165, 1.54) is 0 Å². The first-order chi connectivity index (χ1) is 7.27. The van der Waals surface area contributed by atoms with Crippen LogP contribution in [0.4, 0.5) is 0 Å². The molecule has 1 aliphatic heterocycles. The molecule has 5 heteroatoms. The number of aryl methyl sites for hydroxylation is 1. The summed E-state index contributed by atoms with van der Waals surface area (Å²) in [5.41, 5.74) is 1.08. The molecule has 0 radical (unpaired) electrons. The zero-order valence-corrected chi connectivity index (χ0v) is 9.07. The van der Waals surface area contributed by atoms with E-state index in [1.807, 2.05) is 43.2 Å². The lowest BCUT2D eigenvalue weighted by atomic mass is 10.5. The lowest BCUT2D eigenvalue weighted by Crippen LogP contribution is -2.32. The summed E-state index contributed by atoms with van der Waals surface area (Å²) < 4.78 is 3.83. The summed E-state index contributed by atoms with van der Waals surface area (Å²) in [7, 11) is 3.92. The molecule has 5 nitrogen and oxygen atoms in total. The fourth-order valence-corrected chi connectivity index (χ4v) is 1.47. The quantitative estimate of drug-likeness (QED) is 0.391. The normalized spacial score (nSPS) is 15.5. The SMILES string of the molecule is Cn1cccc1C=N[N+](C)=C1NCCN1. The third-order valence-electron chi connectivity index (χ3n) is 2.38. The predicted molar refractivity (Wildman–Crippen MR) is 60.2 cm³/mol. The monoisotopic (exact) mass is 206 g/mol. The van der Waals surface area contributed by atoms with Gasteiger partial charge in [0.1, 0.15) is 0 Å². The molecule has 0 atom stereocenters. The van der Waals surface area contributed by atoms with Crippen LogP contribution in [0.15, 0.2) is 23.4 Å². The summed E-state index contributed by atoms with van der Waals surface area (Å²) in [4.78, 5) is 0. The number of nitrogens with zero attached hydrogens (tertiary/aromatic N) is 3. The summed E-state index contributed by atoms with van der Waals surface area (Å²) >= 11 is 0. The molecule has 0 aromatic carbocycles. The van der Waals surface area contributed by atoms with Crippen molar-refractivity contribution in [1.29, 1.82) is 0 Å². The zero-order chi connectivity index (χ0) is 10.7. The molecule has 0 amide bonds. The Morgan fingerprint density at radius 2 is 2.20 bits per heavy atom. The fraction of sp³-hybridized carbons (Fsp3) is 0.400. The summed E-state index contributed by atoms with van der Waals surface area (Å²) in [6, 6.07) is 4.03. The maximum absolute atomic E-state index is 4.33. The van der Waals surface area contributed by atoms with Gasteiger partial charge in [-0.2, -0.15) is 0 Å². The molecule has 1 fully saturated rings. The second-order valence-corrected chi connectivity index (χ2v) is 3.51. The molecule has 1 aliphatic rings. The maximum atomic E-state index is 4.33. The molecule has 0 bridgehead atoms. The van der Waals surface area contributed by atoms with Crippen molar-refractivity contribution in [1.82, 2.24) is 15.2 Å². The van der Waals surface area contributed by atoms with Gasteiger partial charge in [-0.15, -0.1) is 9.79 Å². The number of hydrogen-bond donors (Lipinski definition) is 2. The summed E-state index contributed by atoms with van der Waals surface area (Å²) in [5.74, 6) is 0.959. The van der Waals surface area contributed by atoms with E-state index >= 15 is 0 Å². The predicted octanol–water partition coefficient (Wildman–Crippen LogP) is -0.450. The molecule has 2 rings (SSSR count). The van der Waals surface area contributed by atoms with Gasteiger partial charge < -0.3 is 4.57 Å². The van der Waals surface area contributed by atoms with Gasteiger partial charge in [0.15, 0.2) is 0 Å². The Kier molecular flexibility index (Phi) is 2.71. The minimum absolute atomic E-state index is 0.958. The van der Waals surface area contributed by atoms with Crippen LogP contribution < -0.4 is 10.6 Å². The lowest BCUT2D eigenvalue weighted by Gasteiger charge is -1.97. The molecule has 1 aromatic rings. The molecule has 80 valence electrons. The van der Waals surface area contributed by atoms with Crippen LogP contribution in [0.5, 0.6) is 0 Å². The number of aromatic nitrogens is 1. The van der Waals surface area contributed by atoms with Crippen LogP contribution in [0.1, 0.15) is 5.69 Å². The third kappa shape index (κ3) is 2.18. The number of hydrogen-bond acceptors (Lipinski definition) is 1. The third-order valence-corrected chi connectivity index (χ3v) is 2.38. The van der Waals surface area contributed by atoms with E-state index in [0.717, 1.165) is 24.7 Å². The number of nitrogens with one attached hydrogen (secondary N) is 2. The Morgan fingerprint density at radius 3 is 2.80 bits per heavy atom. The molecular weight excluding hydrogens is 190 g/mol. The molecule has 15 heavy (non-hydrogen) atoms. The van der Waals surface area contributed by atoms with Gasteiger partial charge in [0, 0.05) is 13.2 Å². The Morgan fingerprint density at radius 1 is 1.47 bits per heavy atom. The molecular formula is C10H16N5+. The van der Waals surface area contributed by atoms with Crippen LogP contribution in [0, 0.1) is 0 Å². The minimum atomic E-state index is 0.958. The Bertz CT molecular complexity index is 394. The molecule has 2 N–H and O–H groups in total. The van der Waals surface area contributed by atoms with Crippen LogP contribution in [0.25, 0.3) is 0 Å². The van der Waals surface area contributed by atoms with Crippen molar-refractivity contribution >= 4 is 12.2 Å².